The van der Waals surface area contributed by atoms with Crippen LogP contribution >= 0.6 is 23.2 Å². The molecule has 2 N–H and O–H groups in total. The van der Waals surface area contributed by atoms with Gasteiger partial charge in [0.15, 0.2) is 0 Å². The van der Waals surface area contributed by atoms with Crippen LogP contribution < -0.4 is 10.5 Å². The van der Waals surface area contributed by atoms with Crippen molar-refractivity contribution in [2.75, 3.05) is 13.1 Å². The molecule has 1 atom stereocenters. The minimum absolute atomic E-state index is 0.0220. The minimum atomic E-state index is -0.654. The quantitative estimate of drug-likeness (QED) is 0.917. The molecule has 22 heavy (non-hydrogen) atoms. The monoisotopic (exact) mass is 342 g/mol. The molecule has 4 nitrogen and oxygen atoms in total. The number of nitrogens with zero attached hydrogens (tertiary/aromatic N) is 1. The molecule has 1 aromatic rings. The van der Waals surface area contributed by atoms with Gasteiger partial charge in [-0.3, -0.25) is 4.79 Å². The number of rotatable bonds is 3. The minimum Gasteiger partial charge on any atom is -0.488 e. The van der Waals surface area contributed by atoms with E-state index in [2.05, 4.69) is 0 Å². The Labute approximate surface area is 140 Å². The first-order valence-electron chi connectivity index (χ1n) is 7.68. The van der Waals surface area contributed by atoms with E-state index in [9.17, 15) is 4.79 Å². The Balaban J connectivity index is 1.60. The van der Waals surface area contributed by atoms with Gasteiger partial charge in [-0.05, 0) is 25.0 Å². The van der Waals surface area contributed by atoms with Gasteiger partial charge in [-0.1, -0.05) is 36.0 Å². The Hall–Kier alpha value is -0.970. The molecule has 0 spiro atoms. The topological polar surface area (TPSA) is 55.6 Å². The van der Waals surface area contributed by atoms with Crippen LogP contribution in [0.2, 0.25) is 10.0 Å². The Morgan fingerprint density at radius 3 is 2.68 bits per heavy atom. The second kappa shape index (κ2) is 6.26. The zero-order valence-electron chi connectivity index (χ0n) is 12.4. The van der Waals surface area contributed by atoms with E-state index in [1.165, 1.54) is 0 Å². The fraction of sp³-hybridized carbons (Fsp3) is 0.562. The molecule has 1 aliphatic heterocycles. The average molecular weight is 343 g/mol. The maximum absolute atomic E-state index is 12.6. The van der Waals surface area contributed by atoms with E-state index in [0.29, 0.717) is 28.9 Å². The highest BCUT2D eigenvalue weighted by atomic mass is 35.5. The summed E-state index contributed by atoms with van der Waals surface area (Å²) in [5.41, 5.74) is 5.60. The van der Waals surface area contributed by atoms with Gasteiger partial charge >= 0.3 is 0 Å². The van der Waals surface area contributed by atoms with Crippen molar-refractivity contribution < 1.29 is 9.53 Å². The Bertz CT molecular complexity index is 573. The molecule has 1 unspecified atom stereocenters. The summed E-state index contributed by atoms with van der Waals surface area (Å²) in [6.07, 6.45) is 4.45. The summed E-state index contributed by atoms with van der Waals surface area (Å²) >= 11 is 11.9. The van der Waals surface area contributed by atoms with Gasteiger partial charge in [0.1, 0.15) is 11.9 Å². The van der Waals surface area contributed by atoms with Crippen molar-refractivity contribution in [2.24, 2.45) is 5.73 Å². The van der Waals surface area contributed by atoms with E-state index in [1.54, 1.807) is 18.2 Å². The molecule has 120 valence electrons. The number of benzene rings is 1. The van der Waals surface area contributed by atoms with Gasteiger partial charge < -0.3 is 15.4 Å². The highest BCUT2D eigenvalue weighted by Gasteiger charge is 2.42. The predicted molar refractivity (Wildman–Crippen MR) is 87.5 cm³/mol. The van der Waals surface area contributed by atoms with Crippen molar-refractivity contribution >= 4 is 29.1 Å². The van der Waals surface area contributed by atoms with Crippen LogP contribution in [0.25, 0.3) is 0 Å². The van der Waals surface area contributed by atoms with Gasteiger partial charge in [0, 0.05) is 19.0 Å². The number of halogens is 2. The van der Waals surface area contributed by atoms with Crippen molar-refractivity contribution in [1.29, 1.82) is 0 Å². The van der Waals surface area contributed by atoms with E-state index in [1.807, 2.05) is 4.90 Å². The molecule has 1 aliphatic carbocycles. The summed E-state index contributed by atoms with van der Waals surface area (Å²) < 4.78 is 5.91. The molecule has 1 saturated heterocycles. The number of carbonyl (C=O) groups is 1. The van der Waals surface area contributed by atoms with Crippen LogP contribution in [0.4, 0.5) is 0 Å². The van der Waals surface area contributed by atoms with Crippen molar-refractivity contribution in [2.45, 2.75) is 43.7 Å². The summed E-state index contributed by atoms with van der Waals surface area (Å²) in [6.45, 7) is 1.28. The van der Waals surface area contributed by atoms with E-state index in [4.69, 9.17) is 33.7 Å². The van der Waals surface area contributed by atoms with Crippen LogP contribution in [0.5, 0.6) is 5.75 Å². The molecule has 1 heterocycles. The van der Waals surface area contributed by atoms with Crippen LogP contribution in [0, 0.1) is 0 Å². The SMILES string of the molecule is NC1(C(=O)N2CCC(Oc3ccc(Cl)c(Cl)c3)C2)CCCC1. The van der Waals surface area contributed by atoms with Crippen molar-refractivity contribution in [3.05, 3.63) is 28.2 Å². The van der Waals surface area contributed by atoms with E-state index in [-0.39, 0.29) is 12.0 Å². The van der Waals surface area contributed by atoms with Gasteiger partial charge in [-0.15, -0.1) is 0 Å². The number of carbonyl (C=O) groups excluding carboxylic acids is 1. The fourth-order valence-corrected chi connectivity index (χ4v) is 3.57. The zero-order valence-corrected chi connectivity index (χ0v) is 13.9. The van der Waals surface area contributed by atoms with Gasteiger partial charge in [0.05, 0.1) is 22.1 Å². The maximum atomic E-state index is 12.6. The van der Waals surface area contributed by atoms with E-state index < -0.39 is 5.54 Å². The first-order valence-corrected chi connectivity index (χ1v) is 8.43. The molecule has 2 aliphatic rings. The van der Waals surface area contributed by atoms with Crippen molar-refractivity contribution in [3.63, 3.8) is 0 Å². The summed E-state index contributed by atoms with van der Waals surface area (Å²) in [5.74, 6) is 0.752. The summed E-state index contributed by atoms with van der Waals surface area (Å²) in [5, 5.41) is 0.973. The Kier molecular flexibility index (Phi) is 4.53. The molecule has 1 amide bonds. The van der Waals surface area contributed by atoms with Crippen molar-refractivity contribution in [3.8, 4) is 5.75 Å². The third-order valence-electron chi connectivity index (χ3n) is 4.55. The largest absolute Gasteiger partial charge is 0.488 e. The molecular formula is C16H20Cl2N2O2. The van der Waals surface area contributed by atoms with Crippen LogP contribution in [0.15, 0.2) is 18.2 Å². The first-order chi connectivity index (χ1) is 10.5. The second-order valence-electron chi connectivity index (χ2n) is 6.22. The average Bonchev–Trinajstić information content (AvgIpc) is 3.12. The molecule has 1 aromatic carbocycles. The number of ether oxygens (including phenoxy) is 1. The standard InChI is InChI=1S/C16H20Cl2N2O2/c17-13-4-3-11(9-14(13)18)22-12-5-8-20(10-12)15(21)16(19)6-1-2-7-16/h3-4,9,12H,1-2,5-8,10,19H2. The van der Waals surface area contributed by atoms with Gasteiger partial charge in [-0.25, -0.2) is 0 Å². The van der Waals surface area contributed by atoms with Crippen LogP contribution in [-0.4, -0.2) is 35.5 Å². The fourth-order valence-electron chi connectivity index (χ4n) is 3.29. The summed E-state index contributed by atoms with van der Waals surface area (Å²) in [4.78, 5) is 14.4. The molecule has 0 radical (unpaired) electrons. The normalized spacial score (nSPS) is 23.8. The predicted octanol–water partition coefficient (Wildman–Crippen LogP) is 3.24. The summed E-state index contributed by atoms with van der Waals surface area (Å²) in [6, 6.07) is 5.21. The lowest BCUT2D eigenvalue weighted by Gasteiger charge is -2.28. The third kappa shape index (κ3) is 3.19. The lowest BCUT2D eigenvalue weighted by atomic mass is 9.97. The van der Waals surface area contributed by atoms with E-state index in [0.717, 1.165) is 32.1 Å². The summed E-state index contributed by atoms with van der Waals surface area (Å²) in [7, 11) is 0. The van der Waals surface area contributed by atoms with Gasteiger partial charge in [0.25, 0.3) is 0 Å². The number of nitrogens with two attached hydrogens (primary N) is 1. The number of hydrogen-bond acceptors (Lipinski definition) is 3. The number of likely N-dealkylation sites (tertiary alicyclic amines) is 1. The molecule has 1 saturated carbocycles. The molecule has 2 fully saturated rings. The highest BCUT2D eigenvalue weighted by molar-refractivity contribution is 6.42. The second-order valence-corrected chi connectivity index (χ2v) is 7.03. The maximum Gasteiger partial charge on any atom is 0.242 e. The number of amides is 1. The molecule has 6 heteroatoms. The van der Waals surface area contributed by atoms with Gasteiger partial charge in [0.2, 0.25) is 5.91 Å². The Morgan fingerprint density at radius 2 is 2.00 bits per heavy atom. The van der Waals surface area contributed by atoms with E-state index >= 15 is 0 Å². The smallest absolute Gasteiger partial charge is 0.242 e. The number of hydrogen-bond donors (Lipinski definition) is 1. The first kappa shape index (κ1) is 15.9. The van der Waals surface area contributed by atoms with Gasteiger partial charge in [-0.2, -0.15) is 0 Å². The van der Waals surface area contributed by atoms with Crippen LogP contribution in [-0.2, 0) is 4.79 Å². The van der Waals surface area contributed by atoms with Crippen LogP contribution in [0.3, 0.4) is 0 Å². The molecule has 0 bridgehead atoms. The highest BCUT2D eigenvalue weighted by Crippen LogP contribution is 2.31. The molecule has 3 rings (SSSR count). The van der Waals surface area contributed by atoms with Crippen molar-refractivity contribution in [1.82, 2.24) is 4.90 Å². The lowest BCUT2D eigenvalue weighted by Crippen LogP contribution is -2.53. The molecule has 0 aromatic heterocycles. The lowest BCUT2D eigenvalue weighted by molar-refractivity contribution is -0.136. The molecular weight excluding hydrogens is 323 g/mol. The third-order valence-corrected chi connectivity index (χ3v) is 5.29. The zero-order chi connectivity index (χ0) is 15.7. The van der Waals surface area contributed by atoms with Crippen LogP contribution in [0.1, 0.15) is 32.1 Å². The Morgan fingerprint density at radius 1 is 1.27 bits per heavy atom.